The van der Waals surface area contributed by atoms with Crippen LogP contribution in [0.3, 0.4) is 0 Å². The highest BCUT2D eigenvalue weighted by Gasteiger charge is 2.11. The number of nitrogen functional groups attached to an aromatic ring is 1. The molecule has 1 heterocycles. The Labute approximate surface area is 110 Å². The molecule has 1 amide bonds. The third-order valence-corrected chi connectivity index (χ3v) is 2.69. The van der Waals surface area contributed by atoms with Gasteiger partial charge in [-0.05, 0) is 24.6 Å². The lowest BCUT2D eigenvalue weighted by Crippen LogP contribution is -2.28. The number of aromatic nitrogens is 2. The lowest BCUT2D eigenvalue weighted by molar-refractivity contribution is 0.0952. The third kappa shape index (κ3) is 3.09. The number of benzene rings is 1. The Hall–Kier alpha value is -2.37. The average molecular weight is 262 g/mol. The van der Waals surface area contributed by atoms with Gasteiger partial charge in [0.1, 0.15) is 5.82 Å². The lowest BCUT2D eigenvalue weighted by atomic mass is 10.1. The van der Waals surface area contributed by atoms with Crippen LogP contribution in [0.25, 0.3) is 0 Å². The molecule has 1 aromatic heterocycles. The second-order valence-corrected chi connectivity index (χ2v) is 4.24. The molecule has 0 aliphatic heterocycles. The topological polar surface area (TPSA) is 72.9 Å². The van der Waals surface area contributed by atoms with Gasteiger partial charge in [0.25, 0.3) is 5.91 Å². The van der Waals surface area contributed by atoms with Crippen LogP contribution in [-0.2, 0) is 6.54 Å². The number of nitrogens with one attached hydrogen (secondary N) is 1. The van der Waals surface area contributed by atoms with E-state index in [9.17, 15) is 9.18 Å². The van der Waals surface area contributed by atoms with Gasteiger partial charge in [0.2, 0.25) is 0 Å². The minimum absolute atomic E-state index is 0.130. The fourth-order valence-electron chi connectivity index (χ4n) is 1.70. The number of para-hydroxylation sites is 1. The predicted octanol–water partition coefficient (Wildman–Crippen LogP) is 1.34. The van der Waals surface area contributed by atoms with Gasteiger partial charge in [-0.15, -0.1) is 0 Å². The monoisotopic (exact) mass is 262 g/mol. The molecular formula is C13H15FN4O. The van der Waals surface area contributed by atoms with Crippen LogP contribution in [0.5, 0.6) is 0 Å². The van der Waals surface area contributed by atoms with Crippen LogP contribution in [0.15, 0.2) is 30.6 Å². The van der Waals surface area contributed by atoms with Crippen LogP contribution < -0.4 is 11.1 Å². The molecule has 100 valence electrons. The van der Waals surface area contributed by atoms with E-state index in [2.05, 4.69) is 10.4 Å². The van der Waals surface area contributed by atoms with E-state index in [1.54, 1.807) is 10.9 Å². The van der Waals surface area contributed by atoms with E-state index in [1.807, 2.05) is 13.1 Å². The van der Waals surface area contributed by atoms with Gasteiger partial charge in [0.05, 0.1) is 24.0 Å². The van der Waals surface area contributed by atoms with Crippen molar-refractivity contribution < 1.29 is 9.18 Å². The van der Waals surface area contributed by atoms with Crippen LogP contribution in [0.2, 0.25) is 0 Å². The zero-order chi connectivity index (χ0) is 13.8. The highest BCUT2D eigenvalue weighted by Crippen LogP contribution is 2.15. The summed E-state index contributed by atoms with van der Waals surface area (Å²) >= 11 is 0. The van der Waals surface area contributed by atoms with Crippen LogP contribution in [-0.4, -0.2) is 22.2 Å². The quantitative estimate of drug-likeness (QED) is 0.817. The molecule has 5 nitrogen and oxygen atoms in total. The Morgan fingerprint density at radius 3 is 3.00 bits per heavy atom. The summed E-state index contributed by atoms with van der Waals surface area (Å²) in [6.07, 6.45) is 3.62. The second-order valence-electron chi connectivity index (χ2n) is 4.24. The number of anilines is 1. The van der Waals surface area contributed by atoms with Crippen molar-refractivity contribution in [3.63, 3.8) is 0 Å². The van der Waals surface area contributed by atoms with Gasteiger partial charge >= 0.3 is 0 Å². The number of nitrogens with two attached hydrogens (primary N) is 1. The van der Waals surface area contributed by atoms with E-state index in [0.717, 1.165) is 5.56 Å². The summed E-state index contributed by atoms with van der Waals surface area (Å²) in [6.45, 7) is 2.89. The number of hydrogen-bond donors (Lipinski definition) is 2. The first-order valence-electron chi connectivity index (χ1n) is 5.89. The van der Waals surface area contributed by atoms with Crippen molar-refractivity contribution in [1.29, 1.82) is 0 Å². The molecule has 0 unspecified atom stereocenters. The summed E-state index contributed by atoms with van der Waals surface area (Å²) in [4.78, 5) is 11.8. The van der Waals surface area contributed by atoms with E-state index >= 15 is 0 Å². The third-order valence-electron chi connectivity index (χ3n) is 2.69. The number of nitrogens with zero attached hydrogens (tertiary/aromatic N) is 2. The van der Waals surface area contributed by atoms with E-state index in [-0.39, 0.29) is 17.2 Å². The maximum absolute atomic E-state index is 13.2. The van der Waals surface area contributed by atoms with E-state index in [0.29, 0.717) is 13.1 Å². The Bertz CT molecular complexity index is 594. The summed E-state index contributed by atoms with van der Waals surface area (Å²) in [6, 6.07) is 4.17. The smallest absolute Gasteiger partial charge is 0.253 e. The molecule has 0 atom stereocenters. The Morgan fingerprint density at radius 2 is 2.32 bits per heavy atom. The number of carbonyl (C=O) groups is 1. The molecule has 1 aromatic carbocycles. The molecule has 2 rings (SSSR count). The fraction of sp³-hybridized carbons (Fsp3) is 0.231. The lowest BCUT2D eigenvalue weighted by Gasteiger charge is -2.08. The standard InChI is InChI=1S/C13H15FN4O/c1-9-7-17-18(8-9)6-5-16-13(19)10-3-2-4-11(14)12(10)15/h2-4,7-8H,5-6,15H2,1H3,(H,16,19). The number of carbonyl (C=O) groups excluding carboxylic acids is 1. The summed E-state index contributed by atoms with van der Waals surface area (Å²) in [5.74, 6) is -0.976. The molecule has 0 saturated carbocycles. The molecule has 2 aromatic rings. The first-order valence-corrected chi connectivity index (χ1v) is 5.89. The molecule has 0 bridgehead atoms. The van der Waals surface area contributed by atoms with Crippen molar-refractivity contribution in [3.8, 4) is 0 Å². The Balaban J connectivity index is 1.93. The fourth-order valence-corrected chi connectivity index (χ4v) is 1.70. The van der Waals surface area contributed by atoms with Crippen molar-refractivity contribution in [2.45, 2.75) is 13.5 Å². The molecule has 3 N–H and O–H groups in total. The molecule has 0 aliphatic rings. The minimum Gasteiger partial charge on any atom is -0.396 e. The molecular weight excluding hydrogens is 247 g/mol. The zero-order valence-corrected chi connectivity index (χ0v) is 10.6. The summed E-state index contributed by atoms with van der Waals surface area (Å²) in [5.41, 5.74) is 6.59. The van der Waals surface area contributed by atoms with Crippen LogP contribution >= 0.6 is 0 Å². The van der Waals surface area contributed by atoms with E-state index in [1.165, 1.54) is 18.2 Å². The van der Waals surface area contributed by atoms with Crippen molar-refractivity contribution in [2.75, 3.05) is 12.3 Å². The molecule has 0 saturated heterocycles. The highest BCUT2D eigenvalue weighted by molar-refractivity contribution is 5.99. The van der Waals surface area contributed by atoms with Gasteiger partial charge in [0.15, 0.2) is 0 Å². The van der Waals surface area contributed by atoms with Gasteiger partial charge in [0, 0.05) is 12.7 Å². The molecule has 19 heavy (non-hydrogen) atoms. The molecule has 0 fully saturated rings. The Morgan fingerprint density at radius 1 is 1.53 bits per heavy atom. The van der Waals surface area contributed by atoms with E-state index < -0.39 is 5.82 Å². The summed E-state index contributed by atoms with van der Waals surface area (Å²) in [5, 5.41) is 6.78. The number of amides is 1. The SMILES string of the molecule is Cc1cnn(CCNC(=O)c2cccc(F)c2N)c1. The Kier molecular flexibility index (Phi) is 3.79. The second kappa shape index (κ2) is 5.51. The summed E-state index contributed by atoms with van der Waals surface area (Å²) in [7, 11) is 0. The maximum Gasteiger partial charge on any atom is 0.253 e. The van der Waals surface area contributed by atoms with Crippen molar-refractivity contribution >= 4 is 11.6 Å². The van der Waals surface area contributed by atoms with Crippen LogP contribution in [0.4, 0.5) is 10.1 Å². The van der Waals surface area contributed by atoms with Crippen LogP contribution in [0, 0.1) is 12.7 Å². The maximum atomic E-state index is 13.2. The number of rotatable bonds is 4. The van der Waals surface area contributed by atoms with Gasteiger partial charge in [-0.3, -0.25) is 9.48 Å². The molecule has 0 radical (unpaired) electrons. The molecule has 6 heteroatoms. The van der Waals surface area contributed by atoms with Crippen molar-refractivity contribution in [1.82, 2.24) is 15.1 Å². The number of halogens is 1. The van der Waals surface area contributed by atoms with Crippen LogP contribution in [0.1, 0.15) is 15.9 Å². The largest absolute Gasteiger partial charge is 0.396 e. The van der Waals surface area contributed by atoms with Gasteiger partial charge < -0.3 is 11.1 Å². The van der Waals surface area contributed by atoms with Crippen molar-refractivity contribution in [2.24, 2.45) is 0 Å². The average Bonchev–Trinajstić information content (AvgIpc) is 2.78. The predicted molar refractivity (Wildman–Crippen MR) is 70.1 cm³/mol. The van der Waals surface area contributed by atoms with E-state index in [4.69, 9.17) is 5.73 Å². The highest BCUT2D eigenvalue weighted by atomic mass is 19.1. The minimum atomic E-state index is -0.588. The molecule has 0 aliphatic carbocycles. The normalized spacial score (nSPS) is 10.4. The number of hydrogen-bond acceptors (Lipinski definition) is 3. The van der Waals surface area contributed by atoms with Crippen molar-refractivity contribution in [3.05, 3.63) is 47.5 Å². The van der Waals surface area contributed by atoms with Gasteiger partial charge in [-0.2, -0.15) is 5.10 Å². The first-order chi connectivity index (χ1) is 9.08. The first kappa shape index (κ1) is 13.1. The number of aryl methyl sites for hydroxylation is 1. The zero-order valence-electron chi connectivity index (χ0n) is 10.6. The summed E-state index contributed by atoms with van der Waals surface area (Å²) < 4.78 is 14.9. The van der Waals surface area contributed by atoms with Gasteiger partial charge in [-0.25, -0.2) is 4.39 Å². The van der Waals surface area contributed by atoms with Gasteiger partial charge in [-0.1, -0.05) is 6.07 Å². The molecule has 0 spiro atoms.